The van der Waals surface area contributed by atoms with Crippen LogP contribution in [0.5, 0.6) is 5.88 Å². The minimum atomic E-state index is -2.80. The first-order valence-electron chi connectivity index (χ1n) is 9.98. The Kier molecular flexibility index (Phi) is 6.35. The van der Waals surface area contributed by atoms with Crippen LogP contribution in [-0.4, -0.2) is 45.0 Å². The lowest BCUT2D eigenvalue weighted by atomic mass is 9.89. The Morgan fingerprint density at radius 2 is 2.03 bits per heavy atom. The monoisotopic (exact) mass is 445 g/mol. The third kappa shape index (κ3) is 5.05. The van der Waals surface area contributed by atoms with E-state index in [4.69, 9.17) is 9.26 Å². The first-order chi connectivity index (χ1) is 15.4. The normalized spacial score (nSPS) is 17.8. The van der Waals surface area contributed by atoms with Crippen LogP contribution >= 0.6 is 0 Å². The van der Waals surface area contributed by atoms with Crippen molar-refractivity contribution in [2.24, 2.45) is 0 Å². The molecule has 0 unspecified atom stereocenters. The molecular formula is C21H21F2N5O4. The summed E-state index contributed by atoms with van der Waals surface area (Å²) in [5.74, 6) is 0.400. The van der Waals surface area contributed by atoms with E-state index in [1.165, 1.54) is 12.1 Å². The molecule has 9 nitrogen and oxygen atoms in total. The Hall–Kier alpha value is -3.47. The highest BCUT2D eigenvalue weighted by Crippen LogP contribution is 2.27. The molecule has 3 aromatic heterocycles. The Bertz CT molecular complexity index is 1070. The van der Waals surface area contributed by atoms with Crippen molar-refractivity contribution in [2.45, 2.75) is 52.1 Å². The number of rotatable bonds is 8. The lowest BCUT2D eigenvalue weighted by molar-refractivity contribution is -0.184. The summed E-state index contributed by atoms with van der Waals surface area (Å²) in [6.45, 7) is 1.02. The summed E-state index contributed by atoms with van der Waals surface area (Å²) in [5, 5.41) is 14.6. The predicted octanol–water partition coefficient (Wildman–Crippen LogP) is 3.22. The lowest BCUT2D eigenvalue weighted by Gasteiger charge is -2.34. The Balaban J connectivity index is 1.33. The van der Waals surface area contributed by atoms with Crippen molar-refractivity contribution >= 4 is 5.91 Å². The minimum absolute atomic E-state index is 0.100. The second-order valence-corrected chi connectivity index (χ2v) is 7.46. The third-order valence-electron chi connectivity index (χ3n) is 5.13. The zero-order chi connectivity index (χ0) is 22.7. The molecule has 32 heavy (non-hydrogen) atoms. The van der Waals surface area contributed by atoms with Crippen molar-refractivity contribution in [3.8, 4) is 17.1 Å². The van der Waals surface area contributed by atoms with Crippen molar-refractivity contribution in [1.29, 1.82) is 0 Å². The van der Waals surface area contributed by atoms with E-state index >= 15 is 0 Å². The zero-order valence-electron chi connectivity index (χ0n) is 17.4. The van der Waals surface area contributed by atoms with E-state index in [0.717, 1.165) is 16.8 Å². The molecule has 0 aliphatic heterocycles. The molecular weight excluding hydrogens is 424 g/mol. The number of pyridine rings is 1. The van der Waals surface area contributed by atoms with Gasteiger partial charge in [0.05, 0.1) is 11.7 Å². The van der Waals surface area contributed by atoms with Gasteiger partial charge in [-0.1, -0.05) is 5.16 Å². The van der Waals surface area contributed by atoms with E-state index < -0.39 is 18.6 Å². The van der Waals surface area contributed by atoms with Crippen molar-refractivity contribution in [3.63, 3.8) is 0 Å². The highest BCUT2D eigenvalue weighted by atomic mass is 19.3. The highest BCUT2D eigenvalue weighted by Gasteiger charge is 2.33. The summed E-state index contributed by atoms with van der Waals surface area (Å²) in [6, 6.07) is 6.57. The molecule has 11 heteroatoms. The molecule has 1 saturated carbocycles. The van der Waals surface area contributed by atoms with Gasteiger partial charge in [-0.15, -0.1) is 10.2 Å². The van der Waals surface area contributed by atoms with Crippen molar-refractivity contribution in [1.82, 2.24) is 25.7 Å². The van der Waals surface area contributed by atoms with Crippen LogP contribution in [0.25, 0.3) is 11.3 Å². The Morgan fingerprint density at radius 3 is 2.69 bits per heavy atom. The topological polar surface area (TPSA) is 112 Å². The summed E-state index contributed by atoms with van der Waals surface area (Å²) >= 11 is 0. The van der Waals surface area contributed by atoms with Crippen LogP contribution in [0, 0.1) is 13.8 Å². The van der Waals surface area contributed by atoms with E-state index in [2.05, 4.69) is 30.4 Å². The average molecular weight is 445 g/mol. The zero-order valence-corrected chi connectivity index (χ0v) is 17.4. The SMILES string of the molecule is Cc1ccc(-c2noc(C)c2COc2ccc(C(=O)NC3CC(OC(F)F)C3)nn2)cn1. The van der Waals surface area contributed by atoms with Crippen LogP contribution in [0.15, 0.2) is 35.0 Å². The van der Waals surface area contributed by atoms with Crippen LogP contribution in [0.4, 0.5) is 8.78 Å². The minimum Gasteiger partial charge on any atom is -0.472 e. The van der Waals surface area contributed by atoms with Gasteiger partial charge < -0.3 is 19.3 Å². The van der Waals surface area contributed by atoms with E-state index in [9.17, 15) is 13.6 Å². The number of hydrogen-bond donors (Lipinski definition) is 1. The van der Waals surface area contributed by atoms with Crippen LogP contribution < -0.4 is 10.1 Å². The number of hydrogen-bond acceptors (Lipinski definition) is 8. The van der Waals surface area contributed by atoms with Gasteiger partial charge >= 0.3 is 6.61 Å². The Labute approximate surface area is 182 Å². The quantitative estimate of drug-likeness (QED) is 0.563. The molecule has 0 bridgehead atoms. The number of amides is 1. The van der Waals surface area contributed by atoms with E-state index in [-0.39, 0.29) is 24.2 Å². The molecule has 0 saturated heterocycles. The number of ether oxygens (including phenoxy) is 2. The first-order valence-corrected chi connectivity index (χ1v) is 9.98. The molecule has 3 heterocycles. The summed E-state index contributed by atoms with van der Waals surface area (Å²) in [6.07, 6.45) is 1.85. The standard InChI is InChI=1S/C21H21F2N5O4/c1-11-3-4-13(9-24-11)19-16(12(2)32-28-19)10-30-18-6-5-17(26-27-18)20(29)25-14-7-15(8-14)31-21(22)23/h3-6,9,14-15,21H,7-8,10H2,1-2H3,(H,25,29). The van der Waals surface area contributed by atoms with Gasteiger partial charge in [-0.05, 0) is 44.9 Å². The van der Waals surface area contributed by atoms with Crippen molar-refractivity contribution < 1.29 is 27.6 Å². The molecule has 1 aliphatic carbocycles. The van der Waals surface area contributed by atoms with Crippen LogP contribution in [0.3, 0.4) is 0 Å². The molecule has 0 radical (unpaired) electrons. The van der Waals surface area contributed by atoms with Crippen LogP contribution in [0.1, 0.15) is 40.3 Å². The summed E-state index contributed by atoms with van der Waals surface area (Å²) in [5.41, 5.74) is 3.19. The molecule has 0 aromatic carbocycles. The average Bonchev–Trinajstić information content (AvgIpc) is 3.11. The van der Waals surface area contributed by atoms with Crippen molar-refractivity contribution in [2.75, 3.05) is 0 Å². The second kappa shape index (κ2) is 9.35. The molecule has 0 spiro atoms. The molecule has 1 aliphatic rings. The van der Waals surface area contributed by atoms with E-state index in [0.29, 0.717) is 24.3 Å². The van der Waals surface area contributed by atoms with E-state index in [1.54, 1.807) is 13.1 Å². The maximum atomic E-state index is 12.2. The summed E-state index contributed by atoms with van der Waals surface area (Å²) < 4.78 is 39.7. The molecule has 168 valence electrons. The number of carbonyl (C=O) groups excluding carboxylic acids is 1. The second-order valence-electron chi connectivity index (χ2n) is 7.46. The molecule has 1 amide bonds. The fourth-order valence-electron chi connectivity index (χ4n) is 3.26. The highest BCUT2D eigenvalue weighted by molar-refractivity contribution is 5.92. The van der Waals surface area contributed by atoms with Crippen molar-refractivity contribution in [3.05, 3.63) is 53.2 Å². The number of nitrogens with one attached hydrogen (secondary N) is 1. The lowest BCUT2D eigenvalue weighted by Crippen LogP contribution is -2.48. The van der Waals surface area contributed by atoms with Gasteiger partial charge in [0.15, 0.2) is 5.69 Å². The molecule has 3 aromatic rings. The fourth-order valence-corrected chi connectivity index (χ4v) is 3.26. The first kappa shape index (κ1) is 21.8. The number of aromatic nitrogens is 4. The Morgan fingerprint density at radius 1 is 1.22 bits per heavy atom. The summed E-state index contributed by atoms with van der Waals surface area (Å²) in [7, 11) is 0. The number of nitrogens with zero attached hydrogens (tertiary/aromatic N) is 4. The van der Waals surface area contributed by atoms with Gasteiger partial charge in [0, 0.05) is 29.6 Å². The smallest absolute Gasteiger partial charge is 0.345 e. The summed E-state index contributed by atoms with van der Waals surface area (Å²) in [4.78, 5) is 16.5. The molecule has 0 atom stereocenters. The number of alkyl halides is 2. The fraction of sp³-hybridized carbons (Fsp3) is 0.381. The van der Waals surface area contributed by atoms with Gasteiger partial charge in [-0.2, -0.15) is 8.78 Å². The number of carbonyl (C=O) groups is 1. The maximum Gasteiger partial charge on any atom is 0.345 e. The number of halogens is 2. The van der Waals surface area contributed by atoms with E-state index in [1.807, 2.05) is 19.1 Å². The van der Waals surface area contributed by atoms with Crippen LogP contribution in [0.2, 0.25) is 0 Å². The van der Waals surface area contributed by atoms with Gasteiger partial charge in [0.2, 0.25) is 5.88 Å². The van der Waals surface area contributed by atoms with Crippen LogP contribution in [-0.2, 0) is 11.3 Å². The molecule has 4 rings (SSSR count). The van der Waals surface area contributed by atoms with Gasteiger partial charge in [-0.25, -0.2) is 0 Å². The van der Waals surface area contributed by atoms with Gasteiger partial charge in [0.1, 0.15) is 18.1 Å². The molecule has 1 fully saturated rings. The largest absolute Gasteiger partial charge is 0.472 e. The van der Waals surface area contributed by atoms with Gasteiger partial charge in [-0.3, -0.25) is 9.78 Å². The number of aryl methyl sites for hydroxylation is 2. The van der Waals surface area contributed by atoms with Gasteiger partial charge in [0.25, 0.3) is 5.91 Å². The molecule has 1 N–H and O–H groups in total. The predicted molar refractivity (Wildman–Crippen MR) is 107 cm³/mol. The maximum absolute atomic E-state index is 12.2. The third-order valence-corrected chi connectivity index (χ3v) is 5.13.